The van der Waals surface area contributed by atoms with Gasteiger partial charge in [-0.3, -0.25) is 0 Å². The maximum atomic E-state index is 5.90. The van der Waals surface area contributed by atoms with Crippen LogP contribution in [0.3, 0.4) is 0 Å². The number of hydrogen-bond acceptors (Lipinski definition) is 5. The second kappa shape index (κ2) is 19.2. The van der Waals surface area contributed by atoms with Gasteiger partial charge in [-0.05, 0) is 56.9 Å². The summed E-state index contributed by atoms with van der Waals surface area (Å²) in [6.07, 6.45) is 19.9. The highest BCUT2D eigenvalue weighted by Crippen LogP contribution is 2.21. The first kappa shape index (κ1) is 28.1. The van der Waals surface area contributed by atoms with Crippen LogP contribution in [0.15, 0.2) is 36.7 Å². The smallest absolute Gasteiger partial charge is 0.159 e. The van der Waals surface area contributed by atoms with Crippen LogP contribution in [0.5, 0.6) is 11.5 Å². The average Bonchev–Trinajstić information content (AvgIpc) is 2.87. The molecule has 1 heterocycles. The molecule has 0 amide bonds. The average molecular weight is 471 g/mol. The van der Waals surface area contributed by atoms with Gasteiger partial charge in [0.2, 0.25) is 0 Å². The largest absolute Gasteiger partial charge is 0.494 e. The van der Waals surface area contributed by atoms with E-state index in [0.717, 1.165) is 62.6 Å². The van der Waals surface area contributed by atoms with E-state index in [1.54, 1.807) is 12.4 Å². The van der Waals surface area contributed by atoms with Crippen LogP contribution < -0.4 is 9.47 Å². The number of hydrogen-bond donors (Lipinski definition) is 0. The van der Waals surface area contributed by atoms with Crippen LogP contribution in [0.4, 0.5) is 0 Å². The van der Waals surface area contributed by atoms with Crippen LogP contribution >= 0.6 is 0 Å². The van der Waals surface area contributed by atoms with E-state index in [0.29, 0.717) is 12.4 Å². The van der Waals surface area contributed by atoms with Gasteiger partial charge in [0, 0.05) is 18.8 Å². The number of rotatable bonds is 21. The van der Waals surface area contributed by atoms with Crippen LogP contribution in [-0.4, -0.2) is 36.4 Å². The second-order valence-corrected chi connectivity index (χ2v) is 8.90. The lowest BCUT2D eigenvalue weighted by Gasteiger charge is -2.08. The van der Waals surface area contributed by atoms with Crippen molar-refractivity contribution < 1.29 is 14.2 Å². The fourth-order valence-corrected chi connectivity index (χ4v) is 3.84. The fourth-order valence-electron chi connectivity index (χ4n) is 3.84. The molecule has 5 nitrogen and oxygen atoms in total. The number of ether oxygens (including phenoxy) is 3. The molecule has 5 heteroatoms. The Labute approximate surface area is 207 Å². The molecule has 0 unspecified atom stereocenters. The Bertz CT molecular complexity index is 719. The van der Waals surface area contributed by atoms with E-state index in [2.05, 4.69) is 16.9 Å². The zero-order chi connectivity index (χ0) is 24.1. The SMILES string of the molecule is CCCCCCCCCCCOc1ccc(-c2ncc(OCCCCCCOCC)cn2)cc1. The van der Waals surface area contributed by atoms with Gasteiger partial charge in [-0.2, -0.15) is 0 Å². The molecule has 34 heavy (non-hydrogen) atoms. The summed E-state index contributed by atoms with van der Waals surface area (Å²) in [5, 5.41) is 0. The fraction of sp³-hybridized carbons (Fsp3) is 0.655. The maximum Gasteiger partial charge on any atom is 0.159 e. The van der Waals surface area contributed by atoms with Crippen molar-refractivity contribution in [1.29, 1.82) is 0 Å². The van der Waals surface area contributed by atoms with Crippen LogP contribution in [0.25, 0.3) is 11.4 Å². The molecule has 2 aromatic rings. The van der Waals surface area contributed by atoms with Gasteiger partial charge < -0.3 is 14.2 Å². The van der Waals surface area contributed by atoms with Crippen molar-refractivity contribution in [1.82, 2.24) is 9.97 Å². The van der Waals surface area contributed by atoms with E-state index in [4.69, 9.17) is 14.2 Å². The molecule has 0 aliphatic carbocycles. The van der Waals surface area contributed by atoms with Gasteiger partial charge in [0.15, 0.2) is 11.6 Å². The van der Waals surface area contributed by atoms with E-state index in [1.807, 2.05) is 31.2 Å². The lowest BCUT2D eigenvalue weighted by Crippen LogP contribution is -2.00. The Morgan fingerprint density at radius 2 is 1.06 bits per heavy atom. The van der Waals surface area contributed by atoms with E-state index >= 15 is 0 Å². The van der Waals surface area contributed by atoms with Crippen molar-refractivity contribution in [2.24, 2.45) is 0 Å². The molecule has 0 bridgehead atoms. The van der Waals surface area contributed by atoms with Crippen molar-refractivity contribution in [3.8, 4) is 22.9 Å². The molecule has 0 fully saturated rings. The zero-order valence-electron chi connectivity index (χ0n) is 21.6. The molecule has 0 saturated carbocycles. The maximum absolute atomic E-state index is 5.90. The molecule has 0 aliphatic rings. The van der Waals surface area contributed by atoms with E-state index in [-0.39, 0.29) is 0 Å². The van der Waals surface area contributed by atoms with Gasteiger partial charge in [0.1, 0.15) is 5.75 Å². The second-order valence-electron chi connectivity index (χ2n) is 8.90. The minimum Gasteiger partial charge on any atom is -0.494 e. The highest BCUT2D eigenvalue weighted by Gasteiger charge is 2.03. The molecule has 1 aromatic heterocycles. The van der Waals surface area contributed by atoms with Gasteiger partial charge in [-0.15, -0.1) is 0 Å². The minimum atomic E-state index is 0.697. The van der Waals surface area contributed by atoms with Crippen molar-refractivity contribution >= 4 is 0 Å². The highest BCUT2D eigenvalue weighted by molar-refractivity contribution is 5.56. The van der Waals surface area contributed by atoms with Crippen molar-refractivity contribution in [3.63, 3.8) is 0 Å². The Morgan fingerprint density at radius 1 is 0.559 bits per heavy atom. The van der Waals surface area contributed by atoms with Crippen molar-refractivity contribution in [2.45, 2.75) is 97.3 Å². The lowest BCUT2D eigenvalue weighted by atomic mass is 10.1. The standard InChI is InChI=1S/C29H46N2O3/c1-3-5-6-7-8-9-10-11-15-22-33-27-19-17-26(18-20-27)29-30-24-28(25-31-29)34-23-16-13-12-14-21-32-4-2/h17-20,24-25H,3-16,21-23H2,1-2H3. The lowest BCUT2D eigenvalue weighted by molar-refractivity contribution is 0.142. The van der Waals surface area contributed by atoms with Gasteiger partial charge in [0.05, 0.1) is 25.6 Å². The Balaban J connectivity index is 1.56. The number of aromatic nitrogens is 2. The zero-order valence-corrected chi connectivity index (χ0v) is 21.6. The topological polar surface area (TPSA) is 53.5 Å². The molecule has 190 valence electrons. The first-order valence-electron chi connectivity index (χ1n) is 13.6. The molecule has 0 atom stereocenters. The summed E-state index contributed by atoms with van der Waals surface area (Å²) in [5.74, 6) is 2.33. The van der Waals surface area contributed by atoms with Gasteiger partial charge in [0.25, 0.3) is 0 Å². The predicted octanol–water partition coefficient (Wildman–Crippen LogP) is 8.03. The Kier molecular flexibility index (Phi) is 15.9. The number of nitrogens with zero attached hydrogens (tertiary/aromatic N) is 2. The minimum absolute atomic E-state index is 0.697. The summed E-state index contributed by atoms with van der Waals surface area (Å²) in [7, 11) is 0. The van der Waals surface area contributed by atoms with E-state index < -0.39 is 0 Å². The van der Waals surface area contributed by atoms with Crippen LogP contribution in [-0.2, 0) is 4.74 Å². The summed E-state index contributed by atoms with van der Waals surface area (Å²) >= 11 is 0. The molecular formula is C29H46N2O3. The molecule has 0 radical (unpaired) electrons. The van der Waals surface area contributed by atoms with Crippen molar-refractivity contribution in [2.75, 3.05) is 26.4 Å². The summed E-state index contributed by atoms with van der Waals surface area (Å²) in [6.45, 7) is 7.44. The number of benzene rings is 1. The molecular weight excluding hydrogens is 424 g/mol. The van der Waals surface area contributed by atoms with E-state index in [1.165, 1.54) is 57.8 Å². The summed E-state index contributed by atoms with van der Waals surface area (Å²) in [4.78, 5) is 8.92. The molecule has 0 spiro atoms. The molecule has 2 rings (SSSR count). The third kappa shape index (κ3) is 12.9. The monoisotopic (exact) mass is 470 g/mol. The highest BCUT2D eigenvalue weighted by atomic mass is 16.5. The Hall–Kier alpha value is -2.14. The Morgan fingerprint density at radius 3 is 1.62 bits per heavy atom. The summed E-state index contributed by atoms with van der Waals surface area (Å²) in [5.41, 5.74) is 0.983. The van der Waals surface area contributed by atoms with Gasteiger partial charge >= 0.3 is 0 Å². The van der Waals surface area contributed by atoms with Crippen LogP contribution in [0.1, 0.15) is 97.3 Å². The van der Waals surface area contributed by atoms with Crippen molar-refractivity contribution in [3.05, 3.63) is 36.7 Å². The quantitative estimate of drug-likeness (QED) is 0.173. The van der Waals surface area contributed by atoms with Gasteiger partial charge in [-0.25, -0.2) is 9.97 Å². The number of unbranched alkanes of at least 4 members (excludes halogenated alkanes) is 11. The van der Waals surface area contributed by atoms with Gasteiger partial charge in [-0.1, -0.05) is 64.7 Å². The predicted molar refractivity (Wildman–Crippen MR) is 141 cm³/mol. The first-order valence-corrected chi connectivity index (χ1v) is 13.6. The normalized spacial score (nSPS) is 11.0. The molecule has 0 aliphatic heterocycles. The summed E-state index contributed by atoms with van der Waals surface area (Å²) in [6, 6.07) is 8.04. The summed E-state index contributed by atoms with van der Waals surface area (Å²) < 4.78 is 17.0. The third-order valence-corrected chi connectivity index (χ3v) is 5.91. The van der Waals surface area contributed by atoms with Crippen LogP contribution in [0, 0.1) is 0 Å². The first-order chi connectivity index (χ1) is 16.8. The molecule has 0 saturated heterocycles. The third-order valence-electron chi connectivity index (χ3n) is 5.91. The van der Waals surface area contributed by atoms with Crippen LogP contribution in [0.2, 0.25) is 0 Å². The molecule has 1 aromatic carbocycles. The molecule has 0 N–H and O–H groups in total. The van der Waals surface area contributed by atoms with E-state index in [9.17, 15) is 0 Å².